The van der Waals surface area contributed by atoms with E-state index < -0.39 is 11.9 Å². The minimum absolute atomic E-state index is 0.190. The van der Waals surface area contributed by atoms with Gasteiger partial charge < -0.3 is 10.1 Å². The zero-order valence-corrected chi connectivity index (χ0v) is 13.6. The Morgan fingerprint density at radius 2 is 2.26 bits per heavy atom. The number of benzene rings is 1. The summed E-state index contributed by atoms with van der Waals surface area (Å²) >= 11 is 0. The number of carbonyl (C=O) groups is 2. The minimum Gasteiger partial charge on any atom is -0.494 e. The predicted octanol–water partition coefficient (Wildman–Crippen LogP) is 1.60. The second-order valence-electron chi connectivity index (χ2n) is 5.43. The standard InChI is InChI=1S/C16H22FN3O3/c1-4-19(10-12-5-6-14(23-3)13(17)9-12)11(2)15(21)20-8-7-18-16(20)22/h5-6,9,11H,4,7-8,10H2,1-3H3,(H,18,22)/t11-/m1/s1. The molecule has 1 N–H and O–H groups in total. The molecular formula is C16H22FN3O3. The maximum atomic E-state index is 13.8. The lowest BCUT2D eigenvalue weighted by Crippen LogP contribution is -2.47. The largest absolute Gasteiger partial charge is 0.494 e. The molecule has 2 rings (SSSR count). The molecule has 0 spiro atoms. The van der Waals surface area contributed by atoms with Crippen LogP contribution in [0.3, 0.4) is 0 Å². The monoisotopic (exact) mass is 323 g/mol. The maximum absolute atomic E-state index is 13.8. The van der Waals surface area contributed by atoms with Crippen molar-refractivity contribution in [2.75, 3.05) is 26.7 Å². The van der Waals surface area contributed by atoms with Gasteiger partial charge >= 0.3 is 6.03 Å². The smallest absolute Gasteiger partial charge is 0.324 e. The summed E-state index contributed by atoms with van der Waals surface area (Å²) in [5.74, 6) is -0.482. The Balaban J connectivity index is 2.08. The molecule has 1 aromatic carbocycles. The van der Waals surface area contributed by atoms with Gasteiger partial charge in [0.2, 0.25) is 5.91 Å². The molecule has 7 heteroatoms. The third-order valence-electron chi connectivity index (χ3n) is 4.04. The van der Waals surface area contributed by atoms with Crippen molar-refractivity contribution < 1.29 is 18.7 Å². The number of methoxy groups -OCH3 is 1. The van der Waals surface area contributed by atoms with Crippen molar-refractivity contribution in [2.45, 2.75) is 26.4 Å². The predicted molar refractivity (Wildman–Crippen MR) is 83.6 cm³/mol. The van der Waals surface area contributed by atoms with E-state index in [-0.39, 0.29) is 17.7 Å². The van der Waals surface area contributed by atoms with Crippen molar-refractivity contribution in [1.82, 2.24) is 15.1 Å². The van der Waals surface area contributed by atoms with Crippen LogP contribution in [-0.2, 0) is 11.3 Å². The first-order valence-corrected chi connectivity index (χ1v) is 7.63. The number of rotatable bonds is 6. The maximum Gasteiger partial charge on any atom is 0.324 e. The Bertz CT molecular complexity index is 594. The molecular weight excluding hydrogens is 301 g/mol. The van der Waals surface area contributed by atoms with E-state index in [1.165, 1.54) is 18.1 Å². The van der Waals surface area contributed by atoms with Crippen molar-refractivity contribution in [2.24, 2.45) is 0 Å². The van der Waals surface area contributed by atoms with E-state index in [9.17, 15) is 14.0 Å². The molecule has 23 heavy (non-hydrogen) atoms. The Hall–Kier alpha value is -2.15. The molecule has 1 saturated heterocycles. The van der Waals surface area contributed by atoms with Crippen LogP contribution in [0.4, 0.5) is 9.18 Å². The normalized spacial score (nSPS) is 15.7. The van der Waals surface area contributed by atoms with Crippen LogP contribution in [0.1, 0.15) is 19.4 Å². The molecule has 0 saturated carbocycles. The fourth-order valence-electron chi connectivity index (χ4n) is 2.63. The number of ether oxygens (including phenoxy) is 1. The highest BCUT2D eigenvalue weighted by atomic mass is 19.1. The molecule has 1 fully saturated rings. The van der Waals surface area contributed by atoms with E-state index in [0.717, 1.165) is 5.56 Å². The zero-order chi connectivity index (χ0) is 17.0. The van der Waals surface area contributed by atoms with Crippen molar-refractivity contribution >= 4 is 11.9 Å². The van der Waals surface area contributed by atoms with Crippen LogP contribution < -0.4 is 10.1 Å². The minimum atomic E-state index is -0.464. The van der Waals surface area contributed by atoms with Gasteiger partial charge in [-0.1, -0.05) is 13.0 Å². The number of nitrogens with zero attached hydrogens (tertiary/aromatic N) is 2. The van der Waals surface area contributed by atoms with Crippen molar-refractivity contribution in [3.63, 3.8) is 0 Å². The zero-order valence-electron chi connectivity index (χ0n) is 13.6. The fraction of sp³-hybridized carbons (Fsp3) is 0.500. The molecule has 1 atom stereocenters. The summed E-state index contributed by atoms with van der Waals surface area (Å²) in [5, 5.41) is 2.62. The second-order valence-corrected chi connectivity index (χ2v) is 5.43. The van der Waals surface area contributed by atoms with Gasteiger partial charge in [-0.15, -0.1) is 0 Å². The van der Waals surface area contributed by atoms with Crippen LogP contribution in [0.15, 0.2) is 18.2 Å². The summed E-state index contributed by atoms with van der Waals surface area (Å²) in [5.41, 5.74) is 0.746. The van der Waals surface area contributed by atoms with E-state index in [0.29, 0.717) is 26.2 Å². The number of likely N-dealkylation sites (N-methyl/N-ethyl adjacent to an activating group) is 1. The van der Waals surface area contributed by atoms with E-state index in [1.54, 1.807) is 19.1 Å². The van der Waals surface area contributed by atoms with Crippen LogP contribution in [0, 0.1) is 5.82 Å². The van der Waals surface area contributed by atoms with Gasteiger partial charge in [-0.05, 0) is 31.2 Å². The Morgan fingerprint density at radius 3 is 2.78 bits per heavy atom. The summed E-state index contributed by atoms with van der Waals surface area (Å²) in [6, 6.07) is 3.92. The average molecular weight is 323 g/mol. The topological polar surface area (TPSA) is 61.9 Å². The Kier molecular flexibility index (Phi) is 5.54. The van der Waals surface area contributed by atoms with Crippen LogP contribution in [0.5, 0.6) is 5.75 Å². The number of amides is 3. The van der Waals surface area contributed by atoms with Crippen LogP contribution >= 0.6 is 0 Å². The van der Waals surface area contributed by atoms with Crippen molar-refractivity contribution in [3.05, 3.63) is 29.6 Å². The van der Waals surface area contributed by atoms with Gasteiger partial charge in [0.1, 0.15) is 0 Å². The van der Waals surface area contributed by atoms with Crippen LogP contribution in [-0.4, -0.2) is 54.5 Å². The van der Waals surface area contributed by atoms with Crippen LogP contribution in [0.25, 0.3) is 0 Å². The molecule has 1 aromatic rings. The molecule has 0 aromatic heterocycles. The lowest BCUT2D eigenvalue weighted by atomic mass is 10.1. The third kappa shape index (κ3) is 3.79. The summed E-state index contributed by atoms with van der Waals surface area (Å²) in [4.78, 5) is 27.2. The van der Waals surface area contributed by atoms with E-state index in [1.807, 2.05) is 11.8 Å². The number of urea groups is 1. The number of nitrogens with one attached hydrogen (secondary N) is 1. The lowest BCUT2D eigenvalue weighted by molar-refractivity contribution is -0.132. The highest BCUT2D eigenvalue weighted by Gasteiger charge is 2.32. The highest BCUT2D eigenvalue weighted by molar-refractivity contribution is 5.98. The van der Waals surface area contributed by atoms with Gasteiger partial charge in [-0.2, -0.15) is 0 Å². The highest BCUT2D eigenvalue weighted by Crippen LogP contribution is 2.19. The van der Waals surface area contributed by atoms with Gasteiger partial charge in [-0.25, -0.2) is 9.18 Å². The number of hydrogen-bond acceptors (Lipinski definition) is 4. The molecule has 1 aliphatic heterocycles. The van der Waals surface area contributed by atoms with Gasteiger partial charge in [0.25, 0.3) is 0 Å². The molecule has 0 radical (unpaired) electrons. The first-order chi connectivity index (χ1) is 11.0. The summed E-state index contributed by atoms with van der Waals surface area (Å²) in [6.07, 6.45) is 0. The molecule has 1 heterocycles. The van der Waals surface area contributed by atoms with Gasteiger partial charge in [-0.3, -0.25) is 14.6 Å². The first-order valence-electron chi connectivity index (χ1n) is 7.63. The number of carbonyl (C=O) groups excluding carboxylic acids is 2. The summed E-state index contributed by atoms with van der Waals surface area (Å²) < 4.78 is 18.7. The Morgan fingerprint density at radius 1 is 1.52 bits per heavy atom. The van der Waals surface area contributed by atoms with Gasteiger partial charge in [0, 0.05) is 19.6 Å². The van der Waals surface area contributed by atoms with Gasteiger partial charge in [0.05, 0.1) is 13.2 Å². The SMILES string of the molecule is CCN(Cc1ccc(OC)c(F)c1)[C@H](C)C(=O)N1CCNC1=O. The third-order valence-corrected chi connectivity index (χ3v) is 4.04. The molecule has 6 nitrogen and oxygen atoms in total. The molecule has 0 bridgehead atoms. The van der Waals surface area contributed by atoms with Crippen LogP contribution in [0.2, 0.25) is 0 Å². The molecule has 126 valence electrons. The Labute approximate surface area is 135 Å². The first kappa shape index (κ1) is 17.2. The summed E-state index contributed by atoms with van der Waals surface area (Å²) in [7, 11) is 1.41. The molecule has 0 unspecified atom stereocenters. The van der Waals surface area contributed by atoms with Gasteiger partial charge in [0.15, 0.2) is 11.6 Å². The average Bonchev–Trinajstić information content (AvgIpc) is 2.97. The molecule has 3 amide bonds. The van der Waals surface area contributed by atoms with E-state index >= 15 is 0 Å². The molecule has 1 aliphatic rings. The second kappa shape index (κ2) is 7.41. The van der Waals surface area contributed by atoms with Crippen molar-refractivity contribution in [1.29, 1.82) is 0 Å². The number of imide groups is 1. The lowest BCUT2D eigenvalue weighted by Gasteiger charge is -2.29. The van der Waals surface area contributed by atoms with E-state index in [2.05, 4.69) is 5.32 Å². The quantitative estimate of drug-likeness (QED) is 0.864. The molecule has 0 aliphatic carbocycles. The van der Waals surface area contributed by atoms with E-state index in [4.69, 9.17) is 4.74 Å². The number of halogens is 1. The number of hydrogen-bond donors (Lipinski definition) is 1. The summed E-state index contributed by atoms with van der Waals surface area (Å²) in [6.45, 7) is 5.57. The van der Waals surface area contributed by atoms with Crippen molar-refractivity contribution in [3.8, 4) is 5.75 Å². The fourth-order valence-corrected chi connectivity index (χ4v) is 2.63.